The summed E-state index contributed by atoms with van der Waals surface area (Å²) >= 11 is 0. The first-order chi connectivity index (χ1) is 8.95. The maximum atomic E-state index is 12.2. The van der Waals surface area contributed by atoms with Crippen LogP contribution < -0.4 is 4.48 Å². The molecule has 0 saturated heterocycles. The Kier molecular flexibility index (Phi) is 3.24. The summed E-state index contributed by atoms with van der Waals surface area (Å²) < 4.78 is 0.296. The van der Waals surface area contributed by atoms with Crippen molar-refractivity contribution in [2.24, 2.45) is 0 Å². The summed E-state index contributed by atoms with van der Waals surface area (Å²) in [7, 11) is 0. The van der Waals surface area contributed by atoms with Crippen LogP contribution in [-0.4, -0.2) is 34.9 Å². The second kappa shape index (κ2) is 4.59. The molecule has 2 rings (SSSR count). The molecular weight excluding hydrogens is 244 g/mol. The third kappa shape index (κ3) is 1.96. The molecule has 1 aliphatic heterocycles. The van der Waals surface area contributed by atoms with E-state index >= 15 is 0 Å². The second-order valence-electron chi connectivity index (χ2n) is 4.67. The van der Waals surface area contributed by atoms with Gasteiger partial charge in [0.2, 0.25) is 11.6 Å². The SMILES string of the molecule is CC[N+]1(CC)C=C(C(=O)O)C(=O)c2ccc(C)nc21. The van der Waals surface area contributed by atoms with E-state index in [-0.39, 0.29) is 5.57 Å². The highest BCUT2D eigenvalue weighted by molar-refractivity contribution is 6.26. The smallest absolute Gasteiger partial charge is 0.345 e. The van der Waals surface area contributed by atoms with Gasteiger partial charge in [-0.05, 0) is 32.9 Å². The van der Waals surface area contributed by atoms with Gasteiger partial charge in [0.05, 0.1) is 13.1 Å². The third-order valence-electron chi connectivity index (χ3n) is 3.66. The first-order valence-electron chi connectivity index (χ1n) is 6.31. The van der Waals surface area contributed by atoms with Crippen LogP contribution in [0.5, 0.6) is 0 Å². The van der Waals surface area contributed by atoms with E-state index in [1.54, 1.807) is 12.1 Å². The molecule has 1 N–H and O–H groups in total. The van der Waals surface area contributed by atoms with Crippen molar-refractivity contribution in [2.75, 3.05) is 13.1 Å². The quantitative estimate of drug-likeness (QED) is 0.666. The predicted octanol–water partition coefficient (Wildman–Crippen LogP) is 1.90. The Morgan fingerprint density at radius 3 is 2.47 bits per heavy atom. The van der Waals surface area contributed by atoms with E-state index in [4.69, 9.17) is 0 Å². The molecular formula is C14H17N2O3+. The lowest BCUT2D eigenvalue weighted by Gasteiger charge is -2.35. The van der Waals surface area contributed by atoms with Crippen molar-refractivity contribution in [2.45, 2.75) is 20.8 Å². The molecule has 0 aliphatic carbocycles. The first-order valence-corrected chi connectivity index (χ1v) is 6.31. The lowest BCUT2D eigenvalue weighted by molar-refractivity contribution is -0.132. The van der Waals surface area contributed by atoms with Crippen LogP contribution in [0, 0.1) is 6.92 Å². The van der Waals surface area contributed by atoms with Gasteiger partial charge in [0.15, 0.2) is 5.57 Å². The number of carboxylic acid groups (broad SMARTS) is 1. The highest BCUT2D eigenvalue weighted by atomic mass is 16.4. The van der Waals surface area contributed by atoms with Crippen molar-refractivity contribution in [3.8, 4) is 0 Å². The van der Waals surface area contributed by atoms with Crippen molar-refractivity contribution >= 4 is 17.6 Å². The number of ketones is 1. The number of pyridine rings is 1. The number of carboxylic acids is 1. The Morgan fingerprint density at radius 1 is 1.32 bits per heavy atom. The number of hydrogen-bond acceptors (Lipinski definition) is 3. The summed E-state index contributed by atoms with van der Waals surface area (Å²) in [4.78, 5) is 27.9. The Hall–Kier alpha value is -2.01. The monoisotopic (exact) mass is 261 g/mol. The Bertz CT molecular complexity index is 586. The number of carbonyl (C=O) groups is 2. The van der Waals surface area contributed by atoms with Gasteiger partial charge in [0.1, 0.15) is 11.8 Å². The van der Waals surface area contributed by atoms with Gasteiger partial charge in [-0.3, -0.25) is 4.79 Å². The van der Waals surface area contributed by atoms with Gasteiger partial charge in [0.25, 0.3) is 0 Å². The number of Topliss-reactive ketones (excluding diaryl/α,β-unsaturated/α-hetero) is 1. The molecule has 0 atom stereocenters. The fourth-order valence-electron chi connectivity index (χ4n) is 2.43. The molecule has 0 fully saturated rings. The van der Waals surface area contributed by atoms with E-state index in [9.17, 15) is 14.7 Å². The Morgan fingerprint density at radius 2 is 1.95 bits per heavy atom. The summed E-state index contributed by atoms with van der Waals surface area (Å²) in [5, 5.41) is 9.19. The van der Waals surface area contributed by atoms with Crippen LogP contribution in [0.25, 0.3) is 0 Å². The molecule has 0 aromatic carbocycles. The summed E-state index contributed by atoms with van der Waals surface area (Å²) in [6.45, 7) is 7.10. The molecule has 1 aromatic heterocycles. The molecule has 19 heavy (non-hydrogen) atoms. The van der Waals surface area contributed by atoms with Crippen LogP contribution in [-0.2, 0) is 4.79 Å². The summed E-state index contributed by atoms with van der Waals surface area (Å²) in [6.07, 6.45) is 1.53. The lowest BCUT2D eigenvalue weighted by Crippen LogP contribution is -2.48. The maximum absolute atomic E-state index is 12.2. The van der Waals surface area contributed by atoms with E-state index in [2.05, 4.69) is 4.98 Å². The van der Waals surface area contributed by atoms with Gasteiger partial charge in [-0.1, -0.05) is 0 Å². The number of aromatic nitrogens is 1. The second-order valence-corrected chi connectivity index (χ2v) is 4.67. The first kappa shape index (κ1) is 13.4. The van der Waals surface area contributed by atoms with Gasteiger partial charge in [-0.15, -0.1) is 0 Å². The number of fused-ring (bicyclic) bond motifs is 1. The fraction of sp³-hybridized carbons (Fsp3) is 0.357. The number of carbonyl (C=O) groups excluding carboxylic acids is 1. The zero-order chi connectivity index (χ0) is 14.2. The van der Waals surface area contributed by atoms with Crippen LogP contribution in [0.4, 0.5) is 5.82 Å². The van der Waals surface area contributed by atoms with Crippen molar-refractivity contribution in [1.82, 2.24) is 9.47 Å². The predicted molar refractivity (Wildman–Crippen MR) is 71.9 cm³/mol. The van der Waals surface area contributed by atoms with Crippen LogP contribution in [0.1, 0.15) is 29.9 Å². The molecule has 0 bridgehead atoms. The van der Waals surface area contributed by atoms with Crippen LogP contribution >= 0.6 is 0 Å². The number of nitrogens with zero attached hydrogens (tertiary/aromatic N) is 2. The number of aliphatic carboxylic acids is 1. The highest BCUT2D eigenvalue weighted by Crippen LogP contribution is 2.33. The molecule has 100 valence electrons. The topological polar surface area (TPSA) is 67.3 Å². The van der Waals surface area contributed by atoms with Gasteiger partial charge in [-0.25, -0.2) is 14.3 Å². The summed E-state index contributed by atoms with van der Waals surface area (Å²) in [5.41, 5.74) is 1.05. The molecule has 0 amide bonds. The van der Waals surface area contributed by atoms with Crippen LogP contribution in [0.15, 0.2) is 23.9 Å². The van der Waals surface area contributed by atoms with Crippen LogP contribution in [0.2, 0.25) is 0 Å². The zero-order valence-corrected chi connectivity index (χ0v) is 11.3. The average Bonchev–Trinajstić information content (AvgIpc) is 2.39. The number of aryl methyl sites for hydroxylation is 1. The standard InChI is InChI=1S/C14H16N2O3/c1-4-16(5-2)8-11(14(18)19)12(17)10-7-6-9(3)15-13(10)16/h6-8H,4-5H2,1-3H3/p+1. The third-order valence-corrected chi connectivity index (χ3v) is 3.66. The lowest BCUT2D eigenvalue weighted by atomic mass is 9.98. The highest BCUT2D eigenvalue weighted by Gasteiger charge is 2.41. The van der Waals surface area contributed by atoms with Gasteiger partial charge >= 0.3 is 5.97 Å². The molecule has 5 heteroatoms. The minimum atomic E-state index is -1.18. The minimum absolute atomic E-state index is 0.165. The van der Waals surface area contributed by atoms with E-state index in [1.165, 1.54) is 6.20 Å². The molecule has 0 unspecified atom stereocenters. The molecule has 0 spiro atoms. The van der Waals surface area contributed by atoms with Crippen molar-refractivity contribution in [3.05, 3.63) is 35.2 Å². The number of rotatable bonds is 3. The molecule has 0 saturated carbocycles. The molecule has 1 aromatic rings. The van der Waals surface area contributed by atoms with Crippen molar-refractivity contribution in [1.29, 1.82) is 0 Å². The molecule has 5 nitrogen and oxygen atoms in total. The minimum Gasteiger partial charge on any atom is -0.477 e. The molecule has 0 radical (unpaired) electrons. The van der Waals surface area contributed by atoms with Crippen molar-refractivity contribution < 1.29 is 14.7 Å². The molecule has 1 aliphatic rings. The molecule has 2 heterocycles. The van der Waals surface area contributed by atoms with E-state index in [0.29, 0.717) is 29.0 Å². The normalized spacial score (nSPS) is 16.8. The summed E-state index contributed by atoms with van der Waals surface area (Å²) in [5.74, 6) is -0.980. The van der Waals surface area contributed by atoms with Crippen LogP contribution in [0.3, 0.4) is 0 Å². The van der Waals surface area contributed by atoms with E-state index in [0.717, 1.165) is 5.69 Å². The number of quaternary nitrogens is 1. The van der Waals surface area contributed by atoms with E-state index < -0.39 is 11.8 Å². The largest absolute Gasteiger partial charge is 0.477 e. The Balaban J connectivity index is 2.75. The Labute approximate surface area is 111 Å². The number of hydrogen-bond donors (Lipinski definition) is 1. The van der Waals surface area contributed by atoms with E-state index in [1.807, 2.05) is 20.8 Å². The maximum Gasteiger partial charge on any atom is 0.345 e. The zero-order valence-electron chi connectivity index (χ0n) is 11.3. The average molecular weight is 261 g/mol. The van der Waals surface area contributed by atoms with Gasteiger partial charge in [-0.2, -0.15) is 0 Å². The van der Waals surface area contributed by atoms with Gasteiger partial charge in [0, 0.05) is 5.69 Å². The van der Waals surface area contributed by atoms with Gasteiger partial charge < -0.3 is 5.11 Å². The fourth-order valence-corrected chi connectivity index (χ4v) is 2.43. The summed E-state index contributed by atoms with van der Waals surface area (Å²) in [6, 6.07) is 3.41. The van der Waals surface area contributed by atoms with Crippen molar-refractivity contribution in [3.63, 3.8) is 0 Å².